The van der Waals surface area contributed by atoms with E-state index in [4.69, 9.17) is 9.47 Å². The molecule has 12 heteroatoms. The van der Waals surface area contributed by atoms with Gasteiger partial charge >= 0.3 is 12.4 Å². The van der Waals surface area contributed by atoms with Gasteiger partial charge in [-0.2, -0.15) is 47.4 Å². The minimum absolute atomic E-state index is 0.0228. The summed E-state index contributed by atoms with van der Waals surface area (Å²) < 4.78 is 90.0. The van der Waals surface area contributed by atoms with Crippen molar-refractivity contribution in [3.05, 3.63) is 94.4 Å². The van der Waals surface area contributed by atoms with Gasteiger partial charge in [-0.05, 0) is 72.8 Å². The highest BCUT2D eigenvalue weighted by molar-refractivity contribution is 5.96. The molecule has 0 bridgehead atoms. The van der Waals surface area contributed by atoms with Gasteiger partial charge in [0.05, 0.1) is 11.1 Å². The van der Waals surface area contributed by atoms with Crippen molar-refractivity contribution in [2.75, 3.05) is 0 Å². The average molecular weight is 574 g/mol. The number of rotatable bonds is 4. The number of benzene rings is 4. The maximum atomic E-state index is 13.0. The van der Waals surface area contributed by atoms with Gasteiger partial charge in [0.1, 0.15) is 58.4 Å². The molecule has 0 fully saturated rings. The third kappa shape index (κ3) is 5.79. The minimum atomic E-state index is -4.61. The van der Waals surface area contributed by atoms with Crippen LogP contribution in [0.3, 0.4) is 0 Å². The summed E-state index contributed by atoms with van der Waals surface area (Å²) in [7, 11) is 0. The summed E-state index contributed by atoms with van der Waals surface area (Å²) in [6.07, 6.45) is -9.22. The number of nitrogens with zero attached hydrogens (tertiary/aromatic N) is 4. The number of alkyl halides is 6. The van der Waals surface area contributed by atoms with E-state index in [-0.39, 0.29) is 44.2 Å². The summed E-state index contributed by atoms with van der Waals surface area (Å²) in [5, 5.41) is 38.3. The molecule has 0 N–H and O–H groups in total. The molecular formula is C30H12F6N4O2. The SMILES string of the molecule is N#CC(C#N)=c1ccc2c(Oc3ccc(C(F)(F)F)cc3)c(=C(C#N)C#N)ccc2c1Oc1ccc(C(F)(F)F)cc1. The van der Waals surface area contributed by atoms with Crippen LogP contribution in [-0.4, -0.2) is 0 Å². The van der Waals surface area contributed by atoms with Crippen LogP contribution in [0.25, 0.3) is 21.9 Å². The lowest BCUT2D eigenvalue weighted by Crippen LogP contribution is -2.13. The van der Waals surface area contributed by atoms with Gasteiger partial charge in [0.2, 0.25) is 0 Å². The Morgan fingerprint density at radius 1 is 0.476 bits per heavy atom. The van der Waals surface area contributed by atoms with E-state index in [0.717, 1.165) is 48.5 Å². The Morgan fingerprint density at radius 3 is 1.05 bits per heavy atom. The molecule has 0 aliphatic carbocycles. The Balaban J connectivity index is 2.01. The van der Waals surface area contributed by atoms with Gasteiger partial charge < -0.3 is 9.47 Å². The summed E-state index contributed by atoms with van der Waals surface area (Å²) in [4.78, 5) is 0. The summed E-state index contributed by atoms with van der Waals surface area (Å²) >= 11 is 0. The van der Waals surface area contributed by atoms with Crippen LogP contribution < -0.4 is 19.9 Å². The van der Waals surface area contributed by atoms with Crippen molar-refractivity contribution in [1.82, 2.24) is 0 Å². The van der Waals surface area contributed by atoms with Crippen molar-refractivity contribution in [1.29, 1.82) is 21.0 Å². The molecule has 4 aromatic carbocycles. The summed E-state index contributed by atoms with van der Waals surface area (Å²) in [5.41, 5.74) is -2.67. The van der Waals surface area contributed by atoms with Crippen LogP contribution in [-0.2, 0) is 12.4 Å². The fourth-order valence-corrected chi connectivity index (χ4v) is 3.91. The highest BCUT2D eigenvalue weighted by Gasteiger charge is 2.31. The Bertz CT molecular complexity index is 1810. The van der Waals surface area contributed by atoms with Crippen LogP contribution in [0, 0.1) is 45.3 Å². The number of nitriles is 4. The molecule has 4 aromatic rings. The molecule has 4 rings (SSSR count). The Labute approximate surface area is 233 Å². The van der Waals surface area contributed by atoms with E-state index in [1.54, 1.807) is 24.3 Å². The Hall–Kier alpha value is -5.98. The molecule has 0 heterocycles. The molecule has 0 saturated carbocycles. The first-order valence-corrected chi connectivity index (χ1v) is 11.6. The smallest absolute Gasteiger partial charge is 0.416 e. The van der Waals surface area contributed by atoms with E-state index in [2.05, 4.69) is 0 Å². The molecule has 0 aromatic heterocycles. The Kier molecular flexibility index (Phi) is 7.77. The first-order chi connectivity index (χ1) is 19.9. The molecule has 6 nitrogen and oxygen atoms in total. The lowest BCUT2D eigenvalue weighted by atomic mass is 10.0. The maximum Gasteiger partial charge on any atom is 0.416 e. The quantitative estimate of drug-likeness (QED) is 0.246. The highest BCUT2D eigenvalue weighted by Crippen LogP contribution is 2.36. The second kappa shape index (κ2) is 11.3. The maximum absolute atomic E-state index is 13.0. The number of hydrogen-bond donors (Lipinski definition) is 0. The van der Waals surface area contributed by atoms with E-state index in [9.17, 15) is 47.4 Å². The molecule has 0 saturated heterocycles. The Morgan fingerprint density at radius 2 is 0.786 bits per heavy atom. The molecule has 0 aliphatic heterocycles. The van der Waals surface area contributed by atoms with Crippen LogP contribution in [0.2, 0.25) is 0 Å². The lowest BCUT2D eigenvalue weighted by Gasteiger charge is -2.15. The van der Waals surface area contributed by atoms with E-state index in [1.165, 1.54) is 24.3 Å². The molecule has 0 atom stereocenters. The average Bonchev–Trinajstić information content (AvgIpc) is 2.95. The zero-order chi connectivity index (χ0) is 30.7. The van der Waals surface area contributed by atoms with Gasteiger partial charge in [0.25, 0.3) is 0 Å². The fraction of sp³-hybridized carbons (Fsp3) is 0.0667. The number of fused-ring (bicyclic) bond motifs is 1. The third-order valence-corrected chi connectivity index (χ3v) is 5.89. The molecule has 0 unspecified atom stereocenters. The van der Waals surface area contributed by atoms with Crippen molar-refractivity contribution in [3.8, 4) is 47.3 Å². The summed E-state index contributed by atoms with van der Waals surface area (Å²) in [5.74, 6) is -0.431. The van der Waals surface area contributed by atoms with Crippen molar-refractivity contribution in [3.63, 3.8) is 0 Å². The molecule has 0 aliphatic rings. The normalized spacial score (nSPS) is 11.0. The second-order valence-electron chi connectivity index (χ2n) is 8.43. The first kappa shape index (κ1) is 29.0. The van der Waals surface area contributed by atoms with Gasteiger partial charge in [-0.15, -0.1) is 0 Å². The van der Waals surface area contributed by atoms with E-state index < -0.39 is 34.6 Å². The monoisotopic (exact) mass is 574 g/mol. The number of halogens is 6. The largest absolute Gasteiger partial charge is 0.456 e. The minimum Gasteiger partial charge on any atom is -0.456 e. The molecule has 206 valence electrons. The van der Waals surface area contributed by atoms with Crippen molar-refractivity contribution in [2.24, 2.45) is 0 Å². The van der Waals surface area contributed by atoms with Crippen molar-refractivity contribution < 1.29 is 35.8 Å². The van der Waals surface area contributed by atoms with Crippen LogP contribution in [0.15, 0.2) is 72.8 Å². The highest BCUT2D eigenvalue weighted by atomic mass is 19.4. The van der Waals surface area contributed by atoms with Crippen LogP contribution in [0.4, 0.5) is 26.3 Å². The lowest BCUT2D eigenvalue weighted by molar-refractivity contribution is -0.138. The summed E-state index contributed by atoms with van der Waals surface area (Å²) in [6.45, 7) is 0. The van der Waals surface area contributed by atoms with Crippen LogP contribution in [0.5, 0.6) is 23.0 Å². The standard InChI is InChI=1S/C30H12F6N4O2/c31-29(32,33)19-1-5-21(6-2-19)41-27-23(17(13-37)14-38)9-12-26-25(27)11-10-24(18(15-39)16-40)28(26)42-22-7-3-20(4-8-22)30(34,35)36/h1-12H. The van der Waals surface area contributed by atoms with E-state index in [0.29, 0.717) is 0 Å². The molecule has 0 amide bonds. The number of hydrogen-bond acceptors (Lipinski definition) is 6. The van der Waals surface area contributed by atoms with Crippen LogP contribution >= 0.6 is 0 Å². The second-order valence-corrected chi connectivity index (χ2v) is 8.43. The van der Waals surface area contributed by atoms with Crippen LogP contribution in [0.1, 0.15) is 11.1 Å². The van der Waals surface area contributed by atoms with E-state index >= 15 is 0 Å². The molecule has 42 heavy (non-hydrogen) atoms. The predicted molar refractivity (Wildman–Crippen MR) is 136 cm³/mol. The zero-order valence-corrected chi connectivity index (χ0v) is 20.8. The summed E-state index contributed by atoms with van der Waals surface area (Å²) in [6, 6.07) is 19.5. The van der Waals surface area contributed by atoms with Crippen molar-refractivity contribution in [2.45, 2.75) is 12.4 Å². The van der Waals surface area contributed by atoms with Gasteiger partial charge in [-0.3, -0.25) is 0 Å². The van der Waals surface area contributed by atoms with Gasteiger partial charge in [0.15, 0.2) is 0 Å². The van der Waals surface area contributed by atoms with Gasteiger partial charge in [-0.1, -0.05) is 0 Å². The molecular weight excluding hydrogens is 562 g/mol. The third-order valence-electron chi connectivity index (χ3n) is 5.89. The fourth-order valence-electron chi connectivity index (χ4n) is 3.91. The first-order valence-electron chi connectivity index (χ1n) is 11.6. The van der Waals surface area contributed by atoms with Gasteiger partial charge in [0, 0.05) is 21.2 Å². The van der Waals surface area contributed by atoms with E-state index in [1.807, 2.05) is 0 Å². The predicted octanol–water partition coefficient (Wildman–Crippen LogP) is 6.86. The topological polar surface area (TPSA) is 114 Å². The van der Waals surface area contributed by atoms with Gasteiger partial charge in [-0.25, -0.2) is 0 Å². The molecule has 0 spiro atoms. The zero-order valence-electron chi connectivity index (χ0n) is 20.8. The number of ether oxygens (including phenoxy) is 2. The molecule has 0 radical (unpaired) electrons. The van der Waals surface area contributed by atoms with Crippen molar-refractivity contribution >= 4 is 21.9 Å².